The van der Waals surface area contributed by atoms with Gasteiger partial charge >= 0.3 is 0 Å². The van der Waals surface area contributed by atoms with Crippen LogP contribution in [0.25, 0.3) is 17.0 Å². The molecule has 0 amide bonds. The molecule has 2 rings (SSSR count). The molecule has 14 heavy (non-hydrogen) atoms. The first-order chi connectivity index (χ1) is 6.81. The number of halogens is 1. The molecule has 0 aliphatic heterocycles. The molecule has 0 unspecified atom stereocenters. The van der Waals surface area contributed by atoms with Gasteiger partial charge in [-0.3, -0.25) is 0 Å². The maximum absolute atomic E-state index is 12.8. The van der Waals surface area contributed by atoms with E-state index in [0.29, 0.717) is 5.75 Å². The zero-order valence-corrected chi connectivity index (χ0v) is 8.39. The van der Waals surface area contributed by atoms with Gasteiger partial charge in [-0.15, -0.1) is 0 Å². The molecule has 1 nitrogen and oxygen atoms in total. The molecule has 0 saturated heterocycles. The van der Waals surface area contributed by atoms with Crippen LogP contribution in [-0.4, -0.2) is 10.7 Å². The minimum Gasteiger partial charge on any atom is -0.360 e. The van der Waals surface area contributed by atoms with Crippen molar-refractivity contribution in [2.24, 2.45) is 0 Å². The predicted octanol–water partition coefficient (Wildman–Crippen LogP) is 3.25. The van der Waals surface area contributed by atoms with Crippen molar-refractivity contribution in [3.05, 3.63) is 41.9 Å². The highest BCUT2D eigenvalue weighted by atomic mass is 32.1. The lowest BCUT2D eigenvalue weighted by molar-refractivity contribution is 0.629. The lowest BCUT2D eigenvalue weighted by atomic mass is 10.1. The van der Waals surface area contributed by atoms with Crippen molar-refractivity contribution in [3.8, 4) is 0 Å². The van der Waals surface area contributed by atoms with E-state index in [1.807, 2.05) is 18.3 Å². The molecule has 0 spiro atoms. The van der Waals surface area contributed by atoms with Crippen molar-refractivity contribution in [1.82, 2.24) is 4.98 Å². The smallest absolute Gasteiger partial charge is 0.125 e. The summed E-state index contributed by atoms with van der Waals surface area (Å²) in [6.07, 6.45) is 5.79. The monoisotopic (exact) mass is 207 g/mol. The number of hydrogen-bond donors (Lipinski definition) is 2. The van der Waals surface area contributed by atoms with Crippen molar-refractivity contribution in [2.45, 2.75) is 0 Å². The summed E-state index contributed by atoms with van der Waals surface area (Å²) in [6.45, 7) is 0. The fourth-order valence-corrected chi connectivity index (χ4v) is 1.54. The fourth-order valence-electron chi connectivity index (χ4n) is 1.44. The Kier molecular flexibility index (Phi) is 2.59. The second-order valence-corrected chi connectivity index (χ2v) is 3.38. The van der Waals surface area contributed by atoms with Crippen LogP contribution in [0.1, 0.15) is 5.56 Å². The maximum atomic E-state index is 12.8. The Morgan fingerprint density at radius 2 is 2.29 bits per heavy atom. The lowest BCUT2D eigenvalue weighted by Crippen LogP contribution is -1.73. The molecule has 0 saturated carbocycles. The summed E-state index contributed by atoms with van der Waals surface area (Å²) >= 11 is 4.09. The molecule has 1 aromatic carbocycles. The van der Waals surface area contributed by atoms with Crippen LogP contribution < -0.4 is 0 Å². The van der Waals surface area contributed by atoms with Gasteiger partial charge in [0, 0.05) is 22.9 Å². The van der Waals surface area contributed by atoms with E-state index >= 15 is 0 Å². The largest absolute Gasteiger partial charge is 0.360 e. The quantitative estimate of drug-likeness (QED) is 0.703. The van der Waals surface area contributed by atoms with Crippen molar-refractivity contribution in [2.75, 3.05) is 5.75 Å². The molecule has 1 heterocycles. The number of rotatable bonds is 2. The summed E-state index contributed by atoms with van der Waals surface area (Å²) in [5.74, 6) is 0.484. The molecule has 0 aliphatic carbocycles. The van der Waals surface area contributed by atoms with E-state index in [2.05, 4.69) is 17.6 Å². The van der Waals surface area contributed by atoms with Gasteiger partial charge in [-0.25, -0.2) is 4.39 Å². The van der Waals surface area contributed by atoms with Gasteiger partial charge in [0.05, 0.1) is 0 Å². The van der Waals surface area contributed by atoms with E-state index in [1.165, 1.54) is 12.1 Å². The second kappa shape index (κ2) is 3.88. The minimum absolute atomic E-state index is 0.218. The van der Waals surface area contributed by atoms with Gasteiger partial charge in [-0.2, -0.15) is 12.6 Å². The standard InChI is InChI=1S/C11H10FNS/c12-9-3-4-10-8(2-1-5-14)7-13-11(10)6-9/h1-4,6-7,13-14H,5H2. The maximum Gasteiger partial charge on any atom is 0.125 e. The number of fused-ring (bicyclic) bond motifs is 1. The Bertz CT molecular complexity index is 473. The molecule has 0 bridgehead atoms. The number of benzene rings is 1. The number of H-pyrrole nitrogens is 1. The summed E-state index contributed by atoms with van der Waals surface area (Å²) in [5, 5.41) is 1.03. The zero-order valence-electron chi connectivity index (χ0n) is 7.50. The van der Waals surface area contributed by atoms with Gasteiger partial charge in [0.2, 0.25) is 0 Å². The van der Waals surface area contributed by atoms with E-state index in [9.17, 15) is 4.39 Å². The molecule has 2 aromatic rings. The van der Waals surface area contributed by atoms with Crippen LogP contribution in [0.2, 0.25) is 0 Å². The zero-order chi connectivity index (χ0) is 9.97. The summed E-state index contributed by atoms with van der Waals surface area (Å²) in [6, 6.07) is 4.74. The molecular formula is C11H10FNS. The van der Waals surface area contributed by atoms with Crippen LogP contribution in [0.5, 0.6) is 0 Å². The Morgan fingerprint density at radius 1 is 1.43 bits per heavy atom. The first kappa shape index (κ1) is 9.34. The first-order valence-corrected chi connectivity index (χ1v) is 4.98. The fraction of sp³-hybridized carbons (Fsp3) is 0.0909. The SMILES string of the molecule is Fc1ccc2c(C=CCS)c[nH]c2c1. The Hall–Kier alpha value is -1.22. The highest BCUT2D eigenvalue weighted by Gasteiger charge is 2.00. The molecule has 0 aliphatic rings. The average Bonchev–Trinajstić information content (AvgIpc) is 2.57. The third-order valence-corrected chi connectivity index (χ3v) is 2.29. The number of hydrogen-bond acceptors (Lipinski definition) is 1. The van der Waals surface area contributed by atoms with E-state index in [-0.39, 0.29) is 5.82 Å². The number of thiol groups is 1. The van der Waals surface area contributed by atoms with Crippen LogP contribution in [0.4, 0.5) is 4.39 Å². The van der Waals surface area contributed by atoms with Crippen LogP contribution in [-0.2, 0) is 0 Å². The molecule has 0 radical (unpaired) electrons. The second-order valence-electron chi connectivity index (χ2n) is 3.02. The normalized spacial score (nSPS) is 11.6. The van der Waals surface area contributed by atoms with Gasteiger partial charge < -0.3 is 4.98 Å². The third kappa shape index (κ3) is 1.68. The van der Waals surface area contributed by atoms with Gasteiger partial charge in [0.25, 0.3) is 0 Å². The molecular weight excluding hydrogens is 197 g/mol. The Morgan fingerprint density at radius 3 is 3.07 bits per heavy atom. The van der Waals surface area contributed by atoms with Gasteiger partial charge in [-0.05, 0) is 23.8 Å². The van der Waals surface area contributed by atoms with Crippen LogP contribution in [0.15, 0.2) is 30.5 Å². The first-order valence-electron chi connectivity index (χ1n) is 4.35. The van der Waals surface area contributed by atoms with Crippen molar-refractivity contribution >= 4 is 29.6 Å². The van der Waals surface area contributed by atoms with Crippen LogP contribution >= 0.6 is 12.6 Å². The summed E-state index contributed by atoms with van der Waals surface area (Å²) in [7, 11) is 0. The highest BCUT2D eigenvalue weighted by molar-refractivity contribution is 7.80. The van der Waals surface area contributed by atoms with Crippen molar-refractivity contribution < 1.29 is 4.39 Å². The number of nitrogens with one attached hydrogen (secondary N) is 1. The number of aromatic amines is 1. The molecule has 72 valence electrons. The molecule has 3 heteroatoms. The van der Waals surface area contributed by atoms with E-state index in [0.717, 1.165) is 16.5 Å². The minimum atomic E-state index is -0.218. The van der Waals surface area contributed by atoms with Crippen LogP contribution in [0, 0.1) is 5.82 Å². The van der Waals surface area contributed by atoms with E-state index in [1.54, 1.807) is 6.07 Å². The molecule has 0 atom stereocenters. The van der Waals surface area contributed by atoms with Crippen molar-refractivity contribution in [1.29, 1.82) is 0 Å². The Labute approximate surface area is 87.0 Å². The van der Waals surface area contributed by atoms with E-state index in [4.69, 9.17) is 0 Å². The predicted molar refractivity (Wildman–Crippen MR) is 61.1 cm³/mol. The van der Waals surface area contributed by atoms with Gasteiger partial charge in [0.15, 0.2) is 0 Å². The summed E-state index contributed by atoms with van der Waals surface area (Å²) < 4.78 is 12.8. The molecule has 0 fully saturated rings. The highest BCUT2D eigenvalue weighted by Crippen LogP contribution is 2.20. The van der Waals surface area contributed by atoms with Crippen molar-refractivity contribution in [3.63, 3.8) is 0 Å². The Balaban J connectivity index is 2.53. The van der Waals surface area contributed by atoms with Gasteiger partial charge in [0.1, 0.15) is 5.82 Å². The lowest BCUT2D eigenvalue weighted by Gasteiger charge is -1.91. The summed E-state index contributed by atoms with van der Waals surface area (Å²) in [5.41, 5.74) is 1.89. The molecule has 1 aromatic heterocycles. The van der Waals surface area contributed by atoms with E-state index < -0.39 is 0 Å². The number of aromatic nitrogens is 1. The average molecular weight is 207 g/mol. The van der Waals surface area contributed by atoms with Crippen LogP contribution in [0.3, 0.4) is 0 Å². The van der Waals surface area contributed by atoms with Gasteiger partial charge in [-0.1, -0.05) is 12.2 Å². The topological polar surface area (TPSA) is 15.8 Å². The third-order valence-electron chi connectivity index (χ3n) is 2.08. The molecule has 1 N–H and O–H groups in total. The summed E-state index contributed by atoms with van der Waals surface area (Å²) in [4.78, 5) is 3.02.